The molecule has 2 aromatic heterocycles. The molecule has 0 saturated heterocycles. The van der Waals surface area contributed by atoms with Crippen molar-refractivity contribution in [3.63, 3.8) is 0 Å². The molecule has 0 bridgehead atoms. The Morgan fingerprint density at radius 2 is 2.00 bits per heavy atom. The number of hydrogen-bond donors (Lipinski definition) is 2. The van der Waals surface area contributed by atoms with Crippen LogP contribution in [-0.4, -0.2) is 34.1 Å². The standard InChI is InChI=1S/C12H12N6OS/c1-13-10-16-11(18-12(17-10)19-2)15-7-3-4-8-9(5-7)20-6-14-8/h3-6H,1-2H3,(H2,13,15,16,17,18). The predicted octanol–water partition coefficient (Wildman–Crippen LogP) is 2.28. The molecule has 0 saturated carbocycles. The molecule has 0 aliphatic carbocycles. The molecule has 7 nitrogen and oxygen atoms in total. The van der Waals surface area contributed by atoms with Gasteiger partial charge in [0.2, 0.25) is 11.9 Å². The Bertz CT molecular complexity index is 721. The summed E-state index contributed by atoms with van der Waals surface area (Å²) in [6.07, 6.45) is 0. The number of methoxy groups -OCH3 is 1. The minimum atomic E-state index is 0.255. The first-order chi connectivity index (χ1) is 9.78. The predicted molar refractivity (Wildman–Crippen MR) is 78.8 cm³/mol. The van der Waals surface area contributed by atoms with Gasteiger partial charge in [-0.2, -0.15) is 15.0 Å². The largest absolute Gasteiger partial charge is 0.467 e. The molecular formula is C12H12N6OS. The second-order valence-corrected chi connectivity index (χ2v) is 4.77. The molecule has 20 heavy (non-hydrogen) atoms. The van der Waals surface area contributed by atoms with Crippen molar-refractivity contribution < 1.29 is 4.74 Å². The summed E-state index contributed by atoms with van der Waals surface area (Å²) in [5.74, 6) is 0.864. The van der Waals surface area contributed by atoms with E-state index in [1.165, 1.54) is 7.11 Å². The van der Waals surface area contributed by atoms with Crippen LogP contribution in [0.3, 0.4) is 0 Å². The number of thiazole rings is 1. The van der Waals surface area contributed by atoms with Crippen molar-refractivity contribution in [2.45, 2.75) is 0 Å². The molecule has 0 amide bonds. The molecule has 2 N–H and O–H groups in total. The molecule has 0 aliphatic heterocycles. The number of nitrogens with zero attached hydrogens (tertiary/aromatic N) is 4. The van der Waals surface area contributed by atoms with E-state index in [4.69, 9.17) is 4.74 Å². The molecule has 102 valence electrons. The average Bonchev–Trinajstić information content (AvgIpc) is 2.94. The molecule has 0 aliphatic rings. The van der Waals surface area contributed by atoms with Crippen LogP contribution in [0.25, 0.3) is 10.2 Å². The van der Waals surface area contributed by atoms with E-state index >= 15 is 0 Å². The quantitative estimate of drug-likeness (QED) is 0.761. The van der Waals surface area contributed by atoms with Gasteiger partial charge in [-0.25, -0.2) is 4.98 Å². The van der Waals surface area contributed by atoms with Gasteiger partial charge in [0.15, 0.2) is 0 Å². The summed E-state index contributed by atoms with van der Waals surface area (Å²) < 4.78 is 6.14. The molecule has 0 atom stereocenters. The Labute approximate surface area is 119 Å². The highest BCUT2D eigenvalue weighted by molar-refractivity contribution is 7.16. The third-order valence-electron chi connectivity index (χ3n) is 2.61. The van der Waals surface area contributed by atoms with Crippen molar-refractivity contribution in [2.75, 3.05) is 24.8 Å². The number of fused-ring (bicyclic) bond motifs is 1. The summed E-state index contributed by atoms with van der Waals surface area (Å²) in [6, 6.07) is 6.14. The van der Waals surface area contributed by atoms with Crippen molar-refractivity contribution >= 4 is 39.1 Å². The molecule has 0 unspecified atom stereocenters. The lowest BCUT2D eigenvalue weighted by Crippen LogP contribution is -2.05. The zero-order valence-corrected chi connectivity index (χ0v) is 11.7. The average molecular weight is 288 g/mol. The summed E-state index contributed by atoms with van der Waals surface area (Å²) >= 11 is 1.59. The van der Waals surface area contributed by atoms with E-state index in [2.05, 4.69) is 30.6 Å². The Balaban J connectivity index is 1.92. The number of benzene rings is 1. The molecule has 0 radical (unpaired) electrons. The van der Waals surface area contributed by atoms with E-state index in [9.17, 15) is 0 Å². The summed E-state index contributed by atoms with van der Waals surface area (Å²) in [7, 11) is 3.25. The van der Waals surface area contributed by atoms with E-state index in [0.29, 0.717) is 11.9 Å². The fourth-order valence-corrected chi connectivity index (χ4v) is 2.39. The highest BCUT2D eigenvalue weighted by atomic mass is 32.1. The number of hydrogen-bond acceptors (Lipinski definition) is 8. The van der Waals surface area contributed by atoms with Crippen molar-refractivity contribution in [3.05, 3.63) is 23.7 Å². The van der Waals surface area contributed by atoms with Crippen LogP contribution in [0.5, 0.6) is 6.01 Å². The maximum atomic E-state index is 5.04. The van der Waals surface area contributed by atoms with Crippen LogP contribution in [0.1, 0.15) is 0 Å². The van der Waals surface area contributed by atoms with Crippen molar-refractivity contribution in [2.24, 2.45) is 0 Å². The van der Waals surface area contributed by atoms with Gasteiger partial charge in [0.05, 0.1) is 22.8 Å². The third-order valence-corrected chi connectivity index (χ3v) is 3.40. The van der Waals surface area contributed by atoms with Gasteiger partial charge in [-0.3, -0.25) is 0 Å². The smallest absolute Gasteiger partial charge is 0.322 e. The second-order valence-electron chi connectivity index (χ2n) is 3.88. The van der Waals surface area contributed by atoms with E-state index < -0.39 is 0 Å². The summed E-state index contributed by atoms with van der Waals surface area (Å²) in [5, 5.41) is 6.00. The fourth-order valence-electron chi connectivity index (χ4n) is 1.68. The second kappa shape index (κ2) is 5.25. The van der Waals surface area contributed by atoms with Gasteiger partial charge in [-0.05, 0) is 18.2 Å². The number of ether oxygens (including phenoxy) is 1. The first-order valence-electron chi connectivity index (χ1n) is 5.86. The molecule has 8 heteroatoms. The lowest BCUT2D eigenvalue weighted by Gasteiger charge is -2.07. The van der Waals surface area contributed by atoms with E-state index in [1.54, 1.807) is 18.4 Å². The third kappa shape index (κ3) is 2.45. The van der Waals surface area contributed by atoms with Gasteiger partial charge < -0.3 is 15.4 Å². The molecule has 0 spiro atoms. The van der Waals surface area contributed by atoms with E-state index in [1.807, 2.05) is 23.7 Å². The molecule has 3 aromatic rings. The van der Waals surface area contributed by atoms with Gasteiger partial charge in [0, 0.05) is 12.7 Å². The Morgan fingerprint density at radius 1 is 1.15 bits per heavy atom. The minimum absolute atomic E-state index is 0.255. The van der Waals surface area contributed by atoms with Crippen LogP contribution < -0.4 is 15.4 Å². The van der Waals surface area contributed by atoms with Gasteiger partial charge in [0.25, 0.3) is 0 Å². The number of anilines is 3. The topological polar surface area (TPSA) is 84.9 Å². The minimum Gasteiger partial charge on any atom is -0.467 e. The van der Waals surface area contributed by atoms with Crippen LogP contribution in [0, 0.1) is 0 Å². The molecule has 0 fully saturated rings. The van der Waals surface area contributed by atoms with Crippen LogP contribution in [0.4, 0.5) is 17.6 Å². The zero-order valence-electron chi connectivity index (χ0n) is 10.9. The summed E-state index contributed by atoms with van der Waals surface area (Å²) in [6.45, 7) is 0. The molecule has 1 aromatic carbocycles. The van der Waals surface area contributed by atoms with Crippen molar-refractivity contribution in [3.8, 4) is 6.01 Å². The normalized spacial score (nSPS) is 10.5. The number of nitrogens with one attached hydrogen (secondary N) is 2. The van der Waals surface area contributed by atoms with Crippen molar-refractivity contribution in [1.29, 1.82) is 0 Å². The lowest BCUT2D eigenvalue weighted by molar-refractivity contribution is 0.379. The summed E-state index contributed by atoms with van der Waals surface area (Å²) in [5.41, 5.74) is 3.68. The van der Waals surface area contributed by atoms with E-state index in [-0.39, 0.29) is 6.01 Å². The first-order valence-corrected chi connectivity index (χ1v) is 6.74. The highest BCUT2D eigenvalue weighted by Gasteiger charge is 2.06. The van der Waals surface area contributed by atoms with Crippen LogP contribution in [0.15, 0.2) is 23.7 Å². The van der Waals surface area contributed by atoms with E-state index in [0.717, 1.165) is 15.9 Å². The SMILES string of the molecule is CNc1nc(Nc2ccc3ncsc3c2)nc(OC)n1. The zero-order chi connectivity index (χ0) is 13.9. The lowest BCUT2D eigenvalue weighted by atomic mass is 10.3. The number of rotatable bonds is 4. The Morgan fingerprint density at radius 3 is 2.80 bits per heavy atom. The molecule has 3 rings (SSSR count). The first kappa shape index (κ1) is 12.5. The van der Waals surface area contributed by atoms with Gasteiger partial charge in [-0.1, -0.05) is 0 Å². The maximum absolute atomic E-state index is 5.04. The van der Waals surface area contributed by atoms with Crippen LogP contribution in [0.2, 0.25) is 0 Å². The molecule has 2 heterocycles. The van der Waals surface area contributed by atoms with Crippen molar-refractivity contribution in [1.82, 2.24) is 19.9 Å². The maximum Gasteiger partial charge on any atom is 0.322 e. The van der Waals surface area contributed by atoms with Gasteiger partial charge in [0.1, 0.15) is 0 Å². The number of aromatic nitrogens is 4. The Hall–Kier alpha value is -2.48. The highest BCUT2D eigenvalue weighted by Crippen LogP contribution is 2.24. The molecular weight excluding hydrogens is 276 g/mol. The monoisotopic (exact) mass is 288 g/mol. The van der Waals surface area contributed by atoms with Gasteiger partial charge in [-0.15, -0.1) is 11.3 Å². The van der Waals surface area contributed by atoms with Crippen LogP contribution in [-0.2, 0) is 0 Å². The Kier molecular flexibility index (Phi) is 3.30. The fraction of sp³-hybridized carbons (Fsp3) is 0.167. The van der Waals surface area contributed by atoms with Gasteiger partial charge >= 0.3 is 6.01 Å². The summed E-state index contributed by atoms with van der Waals surface area (Å²) in [4.78, 5) is 16.7. The van der Waals surface area contributed by atoms with Crippen LogP contribution >= 0.6 is 11.3 Å².